The average Bonchev–Trinajstić information content (AvgIpc) is 3.67. The lowest BCUT2D eigenvalue weighted by Gasteiger charge is -2.16. The average molecular weight is 539 g/mol. The van der Waals surface area contributed by atoms with Gasteiger partial charge in [-0.15, -0.1) is 0 Å². The third-order valence-electron chi connectivity index (χ3n) is 5.51. The first-order valence-corrected chi connectivity index (χ1v) is 13.3. The molecule has 0 spiro atoms. The van der Waals surface area contributed by atoms with Crippen LogP contribution >= 0.6 is 11.8 Å². The number of anilines is 2. The number of halogens is 3. The highest BCUT2D eigenvalue weighted by Crippen LogP contribution is 2.41. The SMILES string of the molecule is CCS(=O)(=O)c1cc(-c2ccc(C3CC3)cc2)cnc1NNc1cc(SC(F)(F)F)ncc1C(=O)O. The topological polar surface area (TPSA) is 121 Å². The van der Waals surface area contributed by atoms with Gasteiger partial charge in [0.1, 0.15) is 15.5 Å². The number of alkyl halides is 3. The third-order valence-corrected chi connectivity index (χ3v) is 7.91. The quantitative estimate of drug-likeness (QED) is 0.237. The second-order valence-corrected chi connectivity index (χ2v) is 11.4. The van der Waals surface area contributed by atoms with E-state index in [9.17, 15) is 31.5 Å². The van der Waals surface area contributed by atoms with Crippen molar-refractivity contribution in [3.05, 3.63) is 59.9 Å². The number of pyridine rings is 2. The van der Waals surface area contributed by atoms with E-state index in [0.717, 1.165) is 30.7 Å². The number of aromatic carboxylic acids is 1. The normalized spacial score (nSPS) is 13.9. The molecule has 0 radical (unpaired) electrons. The lowest BCUT2D eigenvalue weighted by Crippen LogP contribution is -2.17. The summed E-state index contributed by atoms with van der Waals surface area (Å²) in [5, 5.41) is 8.89. The molecule has 0 unspecified atom stereocenters. The van der Waals surface area contributed by atoms with E-state index in [1.165, 1.54) is 24.8 Å². The van der Waals surface area contributed by atoms with E-state index in [1.54, 1.807) is 0 Å². The van der Waals surface area contributed by atoms with Crippen LogP contribution in [0.25, 0.3) is 11.1 Å². The Morgan fingerprint density at radius 3 is 2.36 bits per heavy atom. The number of nitrogens with one attached hydrogen (secondary N) is 2. The minimum Gasteiger partial charge on any atom is -0.478 e. The standard InChI is InChI=1S/C23H21F3N4O4S2/c1-2-36(33,34)19-9-16(15-7-5-14(6-8-15)13-3-4-13)11-28-21(19)30-29-18-10-20(35-23(24,25)26)27-12-17(18)22(31)32/h5-13H,2-4H2,1H3,(H,27,29)(H,28,30)(H,31,32). The minimum atomic E-state index is -4.63. The predicted molar refractivity (Wildman–Crippen MR) is 130 cm³/mol. The first-order valence-electron chi connectivity index (χ1n) is 10.8. The lowest BCUT2D eigenvalue weighted by atomic mass is 10.0. The van der Waals surface area contributed by atoms with E-state index in [1.807, 2.05) is 24.3 Å². The van der Waals surface area contributed by atoms with Crippen molar-refractivity contribution in [2.75, 3.05) is 16.6 Å². The minimum absolute atomic E-state index is 0.131. The Balaban J connectivity index is 1.65. The van der Waals surface area contributed by atoms with Crippen molar-refractivity contribution in [1.82, 2.24) is 9.97 Å². The summed E-state index contributed by atoms with van der Waals surface area (Å²) in [7, 11) is -3.78. The monoisotopic (exact) mass is 538 g/mol. The third kappa shape index (κ3) is 6.08. The zero-order valence-corrected chi connectivity index (χ0v) is 20.5. The molecule has 3 aromatic rings. The van der Waals surface area contributed by atoms with Gasteiger partial charge in [-0.2, -0.15) is 13.2 Å². The molecule has 36 heavy (non-hydrogen) atoms. The van der Waals surface area contributed by atoms with Crippen molar-refractivity contribution in [2.24, 2.45) is 0 Å². The molecule has 1 fully saturated rings. The highest BCUT2D eigenvalue weighted by Gasteiger charge is 2.31. The number of nitrogens with zero attached hydrogens (tertiary/aromatic N) is 2. The van der Waals surface area contributed by atoms with Gasteiger partial charge in [0.05, 0.1) is 11.4 Å². The van der Waals surface area contributed by atoms with Crippen molar-refractivity contribution in [2.45, 2.75) is 41.1 Å². The second-order valence-electron chi connectivity index (χ2n) is 8.04. The molecule has 0 bridgehead atoms. The molecule has 1 aromatic carbocycles. The first-order chi connectivity index (χ1) is 17.0. The number of benzene rings is 1. The van der Waals surface area contributed by atoms with Gasteiger partial charge in [0.15, 0.2) is 15.7 Å². The number of thioether (sulfide) groups is 1. The maximum atomic E-state index is 12.8. The number of carboxylic acid groups (broad SMARTS) is 1. The van der Waals surface area contributed by atoms with Crippen LogP contribution in [-0.4, -0.2) is 40.7 Å². The summed E-state index contributed by atoms with van der Waals surface area (Å²) < 4.78 is 63.9. The summed E-state index contributed by atoms with van der Waals surface area (Å²) in [4.78, 5) is 19.1. The maximum absolute atomic E-state index is 12.8. The highest BCUT2D eigenvalue weighted by molar-refractivity contribution is 8.00. The molecule has 0 saturated heterocycles. The Morgan fingerprint density at radius 1 is 1.08 bits per heavy atom. The predicted octanol–water partition coefficient (Wildman–Crippen LogP) is 5.56. The van der Waals surface area contributed by atoms with Gasteiger partial charge < -0.3 is 5.11 Å². The van der Waals surface area contributed by atoms with E-state index >= 15 is 0 Å². The van der Waals surface area contributed by atoms with Crippen LogP contribution < -0.4 is 10.9 Å². The molecule has 1 aliphatic rings. The van der Waals surface area contributed by atoms with Crippen molar-refractivity contribution < 1.29 is 31.5 Å². The molecule has 8 nitrogen and oxygen atoms in total. The van der Waals surface area contributed by atoms with Gasteiger partial charge in [0, 0.05) is 29.7 Å². The molecule has 0 amide bonds. The first kappa shape index (κ1) is 25.8. The number of carbonyl (C=O) groups is 1. The Hall–Kier alpha value is -3.32. The van der Waals surface area contributed by atoms with E-state index in [4.69, 9.17) is 0 Å². The molecular weight excluding hydrogens is 517 g/mol. The molecule has 3 N–H and O–H groups in total. The van der Waals surface area contributed by atoms with Crippen molar-refractivity contribution in [1.29, 1.82) is 0 Å². The van der Waals surface area contributed by atoms with Crippen LogP contribution in [0.4, 0.5) is 24.7 Å². The fourth-order valence-corrected chi connectivity index (χ4v) is 5.00. The Kier molecular flexibility index (Phi) is 7.14. The Bertz CT molecular complexity index is 1390. The van der Waals surface area contributed by atoms with Gasteiger partial charge in [-0.1, -0.05) is 31.2 Å². The van der Waals surface area contributed by atoms with Gasteiger partial charge in [-0.05, 0) is 42.0 Å². The lowest BCUT2D eigenvalue weighted by molar-refractivity contribution is -0.0329. The maximum Gasteiger partial charge on any atom is 0.447 e. The van der Waals surface area contributed by atoms with Gasteiger partial charge in [-0.25, -0.2) is 23.2 Å². The Morgan fingerprint density at radius 2 is 1.78 bits per heavy atom. The van der Waals surface area contributed by atoms with E-state index in [0.29, 0.717) is 11.5 Å². The molecule has 1 saturated carbocycles. The van der Waals surface area contributed by atoms with Crippen molar-refractivity contribution >= 4 is 39.1 Å². The number of aromatic nitrogens is 2. The van der Waals surface area contributed by atoms with Gasteiger partial charge >= 0.3 is 11.5 Å². The van der Waals surface area contributed by atoms with Gasteiger partial charge in [-0.3, -0.25) is 10.9 Å². The summed E-state index contributed by atoms with van der Waals surface area (Å²) >= 11 is -0.509. The van der Waals surface area contributed by atoms with Crippen molar-refractivity contribution in [3.8, 4) is 11.1 Å². The number of sulfone groups is 1. The molecular formula is C23H21F3N4O4S2. The van der Waals surface area contributed by atoms with Gasteiger partial charge in [0.2, 0.25) is 0 Å². The molecule has 4 rings (SSSR count). The fraction of sp³-hybridized carbons (Fsp3) is 0.261. The zero-order valence-electron chi connectivity index (χ0n) is 18.8. The van der Waals surface area contributed by atoms with Crippen LogP contribution in [0, 0.1) is 0 Å². The number of carboxylic acids is 1. The summed E-state index contributed by atoms with van der Waals surface area (Å²) in [6, 6.07) is 10.2. The van der Waals surface area contributed by atoms with Crippen molar-refractivity contribution in [3.63, 3.8) is 0 Å². The molecule has 2 heterocycles. The molecule has 0 aliphatic heterocycles. The zero-order chi connectivity index (χ0) is 26.1. The van der Waals surface area contributed by atoms with E-state index in [-0.39, 0.29) is 22.2 Å². The van der Waals surface area contributed by atoms with Crippen LogP contribution in [0.15, 0.2) is 58.7 Å². The Labute approximate surface area is 209 Å². The molecule has 1 aliphatic carbocycles. The fourth-order valence-electron chi connectivity index (χ4n) is 3.46. The number of rotatable bonds is 9. The highest BCUT2D eigenvalue weighted by atomic mass is 32.2. The molecule has 190 valence electrons. The molecule has 2 aromatic heterocycles. The number of hydrogen-bond acceptors (Lipinski definition) is 8. The van der Waals surface area contributed by atoms with Crippen LogP contribution in [0.1, 0.15) is 41.6 Å². The smallest absolute Gasteiger partial charge is 0.447 e. The summed E-state index contributed by atoms with van der Waals surface area (Å²) in [5.74, 6) is -1.22. The number of hydrazine groups is 1. The molecule has 13 heteroatoms. The van der Waals surface area contributed by atoms with Gasteiger partial charge in [0.25, 0.3) is 0 Å². The van der Waals surface area contributed by atoms with E-state index < -0.39 is 43.7 Å². The largest absolute Gasteiger partial charge is 0.478 e. The number of hydrogen-bond donors (Lipinski definition) is 3. The van der Waals surface area contributed by atoms with Crippen LogP contribution in [0.3, 0.4) is 0 Å². The summed E-state index contributed by atoms with van der Waals surface area (Å²) in [5.41, 5.74) is 2.30. The summed E-state index contributed by atoms with van der Waals surface area (Å²) in [6.07, 6.45) is 4.56. The van der Waals surface area contributed by atoms with Crippen LogP contribution in [-0.2, 0) is 9.84 Å². The summed E-state index contributed by atoms with van der Waals surface area (Å²) in [6.45, 7) is 1.47. The second kappa shape index (κ2) is 9.97. The van der Waals surface area contributed by atoms with Crippen LogP contribution in [0.5, 0.6) is 0 Å². The van der Waals surface area contributed by atoms with Crippen LogP contribution in [0.2, 0.25) is 0 Å². The van der Waals surface area contributed by atoms with E-state index in [2.05, 4.69) is 20.8 Å². The molecule has 0 atom stereocenters.